The predicted octanol–water partition coefficient (Wildman–Crippen LogP) is 4.33. The lowest BCUT2D eigenvalue weighted by Crippen LogP contribution is -2.33. The van der Waals surface area contributed by atoms with Gasteiger partial charge in [0, 0.05) is 41.0 Å². The van der Waals surface area contributed by atoms with Gasteiger partial charge in [0.2, 0.25) is 0 Å². The first kappa shape index (κ1) is 14.1. The van der Waals surface area contributed by atoms with E-state index in [1.54, 1.807) is 18.5 Å². The van der Waals surface area contributed by atoms with Crippen LogP contribution in [0.25, 0.3) is 10.8 Å². The second-order valence-corrected chi connectivity index (χ2v) is 6.70. The van der Waals surface area contributed by atoms with Crippen LogP contribution in [0.2, 0.25) is 0 Å². The van der Waals surface area contributed by atoms with Gasteiger partial charge >= 0.3 is 0 Å². The SMILES string of the molecule is CC1c2ccsc2CCN1c1ccc([N+](=O)[O-])c2cnccc12. The summed E-state index contributed by atoms with van der Waals surface area (Å²) in [4.78, 5) is 18.8. The third-order valence-corrected chi connectivity index (χ3v) is 5.55. The van der Waals surface area contributed by atoms with Gasteiger partial charge in [-0.05, 0) is 42.5 Å². The number of nitro benzene ring substituents is 1. The Balaban J connectivity index is 1.87. The summed E-state index contributed by atoms with van der Waals surface area (Å²) in [5.74, 6) is 0. The first-order valence-corrected chi connectivity index (χ1v) is 8.39. The van der Waals surface area contributed by atoms with E-state index in [2.05, 4.69) is 28.3 Å². The standard InChI is InChI=1S/C17H15N3O2S/c1-11-12-6-9-23-17(12)5-8-19(11)15-2-3-16(20(21)22)14-10-18-7-4-13(14)15/h2-4,6-7,9-11H,5,8H2,1H3. The second kappa shape index (κ2) is 5.31. The Morgan fingerprint density at radius 1 is 1.30 bits per heavy atom. The number of nitro groups is 1. The molecule has 0 N–H and O–H groups in total. The van der Waals surface area contributed by atoms with Crippen molar-refractivity contribution in [2.45, 2.75) is 19.4 Å². The average Bonchev–Trinajstić information content (AvgIpc) is 3.04. The number of rotatable bonds is 2. The van der Waals surface area contributed by atoms with Gasteiger partial charge < -0.3 is 4.90 Å². The van der Waals surface area contributed by atoms with E-state index in [4.69, 9.17) is 0 Å². The molecule has 5 nitrogen and oxygen atoms in total. The Kier molecular flexibility index (Phi) is 3.27. The van der Waals surface area contributed by atoms with E-state index in [-0.39, 0.29) is 16.7 Å². The van der Waals surface area contributed by atoms with Crippen LogP contribution in [-0.2, 0) is 6.42 Å². The van der Waals surface area contributed by atoms with Gasteiger partial charge in [0.25, 0.3) is 5.69 Å². The summed E-state index contributed by atoms with van der Waals surface area (Å²) in [5, 5.41) is 14.9. The maximum Gasteiger partial charge on any atom is 0.278 e. The number of thiophene rings is 1. The molecule has 0 radical (unpaired) electrons. The van der Waals surface area contributed by atoms with Crippen molar-refractivity contribution >= 4 is 33.5 Å². The van der Waals surface area contributed by atoms with Crippen LogP contribution >= 0.6 is 11.3 Å². The first-order valence-electron chi connectivity index (χ1n) is 7.51. The molecular formula is C17H15N3O2S. The fraction of sp³-hybridized carbons (Fsp3) is 0.235. The van der Waals surface area contributed by atoms with E-state index in [1.807, 2.05) is 23.5 Å². The van der Waals surface area contributed by atoms with E-state index >= 15 is 0 Å². The van der Waals surface area contributed by atoms with Crippen molar-refractivity contribution in [3.8, 4) is 0 Å². The predicted molar refractivity (Wildman–Crippen MR) is 92.2 cm³/mol. The minimum atomic E-state index is -0.343. The summed E-state index contributed by atoms with van der Waals surface area (Å²) in [6, 6.07) is 7.78. The highest BCUT2D eigenvalue weighted by Gasteiger charge is 2.27. The van der Waals surface area contributed by atoms with E-state index in [0.29, 0.717) is 5.39 Å². The zero-order chi connectivity index (χ0) is 16.0. The van der Waals surface area contributed by atoms with Crippen molar-refractivity contribution < 1.29 is 4.92 Å². The number of nitrogens with zero attached hydrogens (tertiary/aromatic N) is 3. The minimum absolute atomic E-state index is 0.109. The molecule has 1 atom stereocenters. The van der Waals surface area contributed by atoms with Gasteiger partial charge in [-0.1, -0.05) is 0 Å². The molecule has 2 aromatic heterocycles. The Labute approximate surface area is 137 Å². The fourth-order valence-electron chi connectivity index (χ4n) is 3.41. The smallest absolute Gasteiger partial charge is 0.278 e. The van der Waals surface area contributed by atoms with Crippen molar-refractivity contribution in [2.75, 3.05) is 11.4 Å². The maximum absolute atomic E-state index is 11.3. The normalized spacial score (nSPS) is 17.3. The number of benzene rings is 1. The number of hydrogen-bond acceptors (Lipinski definition) is 5. The molecule has 0 saturated heterocycles. The number of aromatic nitrogens is 1. The molecule has 4 rings (SSSR count). The third kappa shape index (κ3) is 2.17. The highest BCUT2D eigenvalue weighted by atomic mass is 32.1. The first-order chi connectivity index (χ1) is 11.2. The number of anilines is 1. The Hall–Kier alpha value is -2.47. The van der Waals surface area contributed by atoms with Gasteiger partial charge in [-0.25, -0.2) is 0 Å². The zero-order valence-corrected chi connectivity index (χ0v) is 13.4. The fourth-order valence-corrected chi connectivity index (χ4v) is 4.37. The largest absolute Gasteiger partial charge is 0.364 e. The van der Waals surface area contributed by atoms with Crippen molar-refractivity contribution in [1.29, 1.82) is 0 Å². The van der Waals surface area contributed by atoms with Crippen LogP contribution in [0.5, 0.6) is 0 Å². The van der Waals surface area contributed by atoms with E-state index in [0.717, 1.165) is 24.0 Å². The van der Waals surface area contributed by atoms with Gasteiger partial charge in [-0.3, -0.25) is 15.1 Å². The highest BCUT2D eigenvalue weighted by molar-refractivity contribution is 7.10. The lowest BCUT2D eigenvalue weighted by atomic mass is 9.99. The summed E-state index contributed by atoms with van der Waals surface area (Å²) in [6.07, 6.45) is 4.29. The molecule has 1 aliphatic rings. The summed E-state index contributed by atoms with van der Waals surface area (Å²) < 4.78 is 0. The molecule has 23 heavy (non-hydrogen) atoms. The summed E-state index contributed by atoms with van der Waals surface area (Å²) in [5.41, 5.74) is 2.51. The molecule has 1 aliphatic heterocycles. The molecule has 0 fully saturated rings. The molecule has 1 unspecified atom stereocenters. The van der Waals surface area contributed by atoms with Gasteiger partial charge in [-0.2, -0.15) is 0 Å². The quantitative estimate of drug-likeness (QED) is 0.520. The van der Waals surface area contributed by atoms with Crippen molar-refractivity contribution in [3.05, 3.63) is 62.6 Å². The van der Waals surface area contributed by atoms with Gasteiger partial charge in [0.1, 0.15) is 0 Å². The molecule has 0 aliphatic carbocycles. The maximum atomic E-state index is 11.3. The second-order valence-electron chi connectivity index (χ2n) is 5.70. The van der Waals surface area contributed by atoms with Crippen LogP contribution < -0.4 is 4.90 Å². The lowest BCUT2D eigenvalue weighted by Gasteiger charge is -2.36. The van der Waals surface area contributed by atoms with Gasteiger partial charge in [0.15, 0.2) is 0 Å². The van der Waals surface area contributed by atoms with Crippen molar-refractivity contribution in [3.63, 3.8) is 0 Å². The molecule has 3 aromatic rings. The molecule has 0 amide bonds. The topological polar surface area (TPSA) is 59.3 Å². The van der Waals surface area contributed by atoms with Gasteiger partial charge in [0.05, 0.1) is 16.4 Å². The molecule has 6 heteroatoms. The summed E-state index contributed by atoms with van der Waals surface area (Å²) >= 11 is 1.81. The molecule has 1 aromatic carbocycles. The molecule has 0 saturated carbocycles. The molecule has 0 bridgehead atoms. The van der Waals surface area contributed by atoms with E-state index in [1.165, 1.54) is 10.4 Å². The van der Waals surface area contributed by atoms with Gasteiger partial charge in [-0.15, -0.1) is 11.3 Å². The van der Waals surface area contributed by atoms with Crippen molar-refractivity contribution in [2.24, 2.45) is 0 Å². The molecule has 116 valence electrons. The van der Waals surface area contributed by atoms with Crippen LogP contribution in [0.3, 0.4) is 0 Å². The zero-order valence-electron chi connectivity index (χ0n) is 12.6. The van der Waals surface area contributed by atoms with Crippen LogP contribution in [-0.4, -0.2) is 16.5 Å². The Morgan fingerprint density at radius 3 is 3.00 bits per heavy atom. The molecule has 3 heterocycles. The van der Waals surface area contributed by atoms with Crippen LogP contribution in [0.4, 0.5) is 11.4 Å². The minimum Gasteiger partial charge on any atom is -0.364 e. The summed E-state index contributed by atoms with van der Waals surface area (Å²) in [6.45, 7) is 3.11. The van der Waals surface area contributed by atoms with Crippen LogP contribution in [0, 0.1) is 10.1 Å². The number of hydrogen-bond donors (Lipinski definition) is 0. The molecule has 0 spiro atoms. The number of pyridine rings is 1. The molecular weight excluding hydrogens is 310 g/mol. The highest BCUT2D eigenvalue weighted by Crippen LogP contribution is 2.40. The number of non-ortho nitro benzene ring substituents is 1. The average molecular weight is 325 g/mol. The van der Waals surface area contributed by atoms with Crippen LogP contribution in [0.15, 0.2) is 42.0 Å². The van der Waals surface area contributed by atoms with Crippen LogP contribution in [0.1, 0.15) is 23.4 Å². The monoisotopic (exact) mass is 325 g/mol. The van der Waals surface area contributed by atoms with Crippen molar-refractivity contribution in [1.82, 2.24) is 4.98 Å². The Morgan fingerprint density at radius 2 is 2.17 bits per heavy atom. The third-order valence-electron chi connectivity index (χ3n) is 4.56. The number of fused-ring (bicyclic) bond motifs is 2. The van der Waals surface area contributed by atoms with E-state index < -0.39 is 0 Å². The summed E-state index contributed by atoms with van der Waals surface area (Å²) in [7, 11) is 0. The Bertz CT molecular complexity index is 906. The lowest BCUT2D eigenvalue weighted by molar-refractivity contribution is -0.383. The van der Waals surface area contributed by atoms with E-state index in [9.17, 15) is 10.1 Å².